The summed E-state index contributed by atoms with van der Waals surface area (Å²) in [5.74, 6) is 0. The van der Waals surface area contributed by atoms with E-state index < -0.39 is 0 Å². The molecule has 4 nitrogen and oxygen atoms in total. The minimum Gasteiger partial charge on any atom is -0.399 e. The van der Waals surface area contributed by atoms with Gasteiger partial charge in [0.25, 0.3) is 0 Å². The van der Waals surface area contributed by atoms with Crippen LogP contribution in [0.5, 0.6) is 0 Å². The fraction of sp³-hybridized carbons (Fsp3) is 0.400. The van der Waals surface area contributed by atoms with Gasteiger partial charge in [-0.05, 0) is 24.6 Å². The Balaban J connectivity index is 2.42. The molecule has 14 heavy (non-hydrogen) atoms. The summed E-state index contributed by atoms with van der Waals surface area (Å²) < 4.78 is 4.94. The summed E-state index contributed by atoms with van der Waals surface area (Å²) in [6.07, 6.45) is 0.959. The summed E-state index contributed by atoms with van der Waals surface area (Å²) in [6.45, 7) is 1.60. The van der Waals surface area contributed by atoms with Gasteiger partial charge in [0, 0.05) is 25.9 Å². The average molecular weight is 195 g/mol. The minimum atomic E-state index is 0.683. The van der Waals surface area contributed by atoms with Crippen LogP contribution >= 0.6 is 0 Å². The van der Waals surface area contributed by atoms with E-state index in [4.69, 9.17) is 16.2 Å². The summed E-state index contributed by atoms with van der Waals surface area (Å²) in [7, 11) is 1.69. The van der Waals surface area contributed by atoms with Gasteiger partial charge in [-0.15, -0.1) is 0 Å². The number of benzene rings is 1. The number of rotatable bonds is 5. The lowest BCUT2D eigenvalue weighted by atomic mass is 10.2. The van der Waals surface area contributed by atoms with Crippen molar-refractivity contribution in [3.8, 4) is 0 Å². The lowest BCUT2D eigenvalue weighted by Crippen LogP contribution is -2.06. The van der Waals surface area contributed by atoms with Crippen molar-refractivity contribution in [1.29, 1.82) is 0 Å². The molecular weight excluding hydrogens is 178 g/mol. The van der Waals surface area contributed by atoms with Gasteiger partial charge >= 0.3 is 0 Å². The molecule has 0 spiro atoms. The topological polar surface area (TPSA) is 73.3 Å². The fourth-order valence-electron chi connectivity index (χ4n) is 1.18. The van der Waals surface area contributed by atoms with Crippen molar-refractivity contribution in [3.63, 3.8) is 0 Å². The molecule has 4 heteroatoms. The number of ether oxygens (including phenoxy) is 1. The second-order valence-electron chi connectivity index (χ2n) is 3.12. The van der Waals surface area contributed by atoms with Gasteiger partial charge in [0.05, 0.1) is 11.4 Å². The van der Waals surface area contributed by atoms with Gasteiger partial charge < -0.3 is 21.5 Å². The summed E-state index contributed by atoms with van der Waals surface area (Å²) in [5, 5.41) is 3.21. The monoisotopic (exact) mass is 195 g/mol. The first-order valence-corrected chi connectivity index (χ1v) is 4.62. The molecule has 5 N–H and O–H groups in total. The third kappa shape index (κ3) is 3.14. The standard InChI is InChI=1S/C10H17N3O/c1-14-6-2-5-13-10-4-3-8(11)7-9(10)12/h3-4,7,13H,2,5-6,11-12H2,1H3. The number of methoxy groups -OCH3 is 1. The number of nitrogen functional groups attached to an aromatic ring is 2. The molecule has 0 saturated carbocycles. The molecule has 0 unspecified atom stereocenters. The van der Waals surface area contributed by atoms with Gasteiger partial charge in [-0.2, -0.15) is 0 Å². The molecule has 1 aromatic carbocycles. The van der Waals surface area contributed by atoms with E-state index in [1.807, 2.05) is 12.1 Å². The van der Waals surface area contributed by atoms with Gasteiger partial charge in [0.1, 0.15) is 0 Å². The minimum absolute atomic E-state index is 0.683. The number of hydrogen-bond acceptors (Lipinski definition) is 4. The van der Waals surface area contributed by atoms with Crippen molar-refractivity contribution in [2.45, 2.75) is 6.42 Å². The van der Waals surface area contributed by atoms with Crippen molar-refractivity contribution in [3.05, 3.63) is 18.2 Å². The van der Waals surface area contributed by atoms with Crippen LogP contribution in [-0.2, 0) is 4.74 Å². The fourth-order valence-corrected chi connectivity index (χ4v) is 1.18. The number of nitrogens with two attached hydrogens (primary N) is 2. The SMILES string of the molecule is COCCCNc1ccc(N)cc1N. The van der Waals surface area contributed by atoms with E-state index in [1.165, 1.54) is 0 Å². The molecule has 0 radical (unpaired) electrons. The molecule has 1 rings (SSSR count). The normalized spacial score (nSPS) is 10.1. The van der Waals surface area contributed by atoms with Crippen LogP contribution in [0, 0.1) is 0 Å². The Labute approximate surface area is 84.2 Å². The largest absolute Gasteiger partial charge is 0.399 e. The second kappa shape index (κ2) is 5.34. The zero-order chi connectivity index (χ0) is 10.4. The highest BCUT2D eigenvalue weighted by Crippen LogP contribution is 2.20. The van der Waals surface area contributed by atoms with Crippen molar-refractivity contribution >= 4 is 17.1 Å². The first-order chi connectivity index (χ1) is 6.74. The third-order valence-electron chi connectivity index (χ3n) is 1.92. The molecular formula is C10H17N3O. The van der Waals surface area contributed by atoms with Crippen LogP contribution in [0.2, 0.25) is 0 Å². The van der Waals surface area contributed by atoms with E-state index in [2.05, 4.69) is 5.32 Å². The van der Waals surface area contributed by atoms with E-state index in [0.717, 1.165) is 25.3 Å². The van der Waals surface area contributed by atoms with E-state index in [9.17, 15) is 0 Å². The highest BCUT2D eigenvalue weighted by molar-refractivity contribution is 5.70. The first kappa shape index (κ1) is 10.7. The van der Waals surface area contributed by atoms with Gasteiger partial charge in [-0.3, -0.25) is 0 Å². The molecule has 0 fully saturated rings. The van der Waals surface area contributed by atoms with Crippen LogP contribution in [0.25, 0.3) is 0 Å². The molecule has 0 atom stereocenters. The molecule has 0 aromatic heterocycles. The van der Waals surface area contributed by atoms with E-state index >= 15 is 0 Å². The van der Waals surface area contributed by atoms with Crippen molar-refractivity contribution in [1.82, 2.24) is 0 Å². The summed E-state index contributed by atoms with van der Waals surface area (Å²) >= 11 is 0. The van der Waals surface area contributed by atoms with Crippen molar-refractivity contribution in [2.75, 3.05) is 37.0 Å². The van der Waals surface area contributed by atoms with Crippen LogP contribution in [0.15, 0.2) is 18.2 Å². The predicted molar refractivity (Wildman–Crippen MR) is 60.2 cm³/mol. The van der Waals surface area contributed by atoms with E-state index in [1.54, 1.807) is 13.2 Å². The Hall–Kier alpha value is -1.42. The predicted octanol–water partition coefficient (Wildman–Crippen LogP) is 1.30. The Morgan fingerprint density at radius 3 is 2.79 bits per heavy atom. The molecule has 0 saturated heterocycles. The van der Waals surface area contributed by atoms with Crippen LogP contribution < -0.4 is 16.8 Å². The van der Waals surface area contributed by atoms with Gasteiger partial charge in [-0.1, -0.05) is 0 Å². The quantitative estimate of drug-likeness (QED) is 0.489. The molecule has 0 aliphatic rings. The molecule has 0 heterocycles. The first-order valence-electron chi connectivity index (χ1n) is 4.62. The zero-order valence-electron chi connectivity index (χ0n) is 8.42. The highest BCUT2D eigenvalue weighted by atomic mass is 16.5. The summed E-state index contributed by atoms with van der Waals surface area (Å²) in [5.41, 5.74) is 13.6. The Morgan fingerprint density at radius 2 is 2.14 bits per heavy atom. The van der Waals surface area contributed by atoms with Gasteiger partial charge in [0.2, 0.25) is 0 Å². The Kier molecular flexibility index (Phi) is 4.07. The maximum absolute atomic E-state index is 5.76. The Morgan fingerprint density at radius 1 is 1.36 bits per heavy atom. The second-order valence-corrected chi connectivity index (χ2v) is 3.12. The maximum atomic E-state index is 5.76. The molecule has 1 aromatic rings. The third-order valence-corrected chi connectivity index (χ3v) is 1.92. The van der Waals surface area contributed by atoms with Crippen LogP contribution in [0.4, 0.5) is 17.1 Å². The molecule has 0 amide bonds. The molecule has 78 valence electrons. The smallest absolute Gasteiger partial charge is 0.0575 e. The van der Waals surface area contributed by atoms with Crippen LogP contribution in [-0.4, -0.2) is 20.3 Å². The van der Waals surface area contributed by atoms with Gasteiger partial charge in [-0.25, -0.2) is 0 Å². The van der Waals surface area contributed by atoms with Crippen molar-refractivity contribution < 1.29 is 4.74 Å². The highest BCUT2D eigenvalue weighted by Gasteiger charge is 1.97. The lowest BCUT2D eigenvalue weighted by molar-refractivity contribution is 0.198. The summed E-state index contributed by atoms with van der Waals surface area (Å²) in [4.78, 5) is 0. The van der Waals surface area contributed by atoms with Crippen molar-refractivity contribution in [2.24, 2.45) is 0 Å². The Bertz CT molecular complexity index is 289. The lowest BCUT2D eigenvalue weighted by Gasteiger charge is -2.09. The average Bonchev–Trinajstić information content (AvgIpc) is 2.15. The maximum Gasteiger partial charge on any atom is 0.0575 e. The number of nitrogens with one attached hydrogen (secondary N) is 1. The summed E-state index contributed by atoms with van der Waals surface area (Å²) in [6, 6.07) is 5.46. The number of anilines is 3. The molecule has 0 bridgehead atoms. The van der Waals surface area contributed by atoms with Crippen LogP contribution in [0.3, 0.4) is 0 Å². The van der Waals surface area contributed by atoms with Crippen LogP contribution in [0.1, 0.15) is 6.42 Å². The number of hydrogen-bond donors (Lipinski definition) is 3. The zero-order valence-corrected chi connectivity index (χ0v) is 8.42. The van der Waals surface area contributed by atoms with E-state index in [0.29, 0.717) is 11.4 Å². The van der Waals surface area contributed by atoms with E-state index in [-0.39, 0.29) is 0 Å². The molecule has 0 aliphatic heterocycles. The molecule has 0 aliphatic carbocycles. The van der Waals surface area contributed by atoms with Gasteiger partial charge in [0.15, 0.2) is 0 Å².